The van der Waals surface area contributed by atoms with Crippen LogP contribution in [0.1, 0.15) is 52.2 Å². The van der Waals surface area contributed by atoms with E-state index in [2.05, 4.69) is 36.4 Å². The summed E-state index contributed by atoms with van der Waals surface area (Å²) in [6, 6.07) is 29.5. The fourth-order valence-corrected chi connectivity index (χ4v) is 6.52. The van der Waals surface area contributed by atoms with Gasteiger partial charge in [0.2, 0.25) is 0 Å². The Morgan fingerprint density at radius 1 is 0.949 bits per heavy atom. The summed E-state index contributed by atoms with van der Waals surface area (Å²) >= 11 is 1.39. The molecule has 1 aliphatic carbocycles. The number of ketones is 1. The zero-order valence-electron chi connectivity index (χ0n) is 21.3. The Kier molecular flexibility index (Phi) is 5.63. The second-order valence-electron chi connectivity index (χ2n) is 9.86. The van der Waals surface area contributed by atoms with E-state index < -0.39 is 0 Å². The first-order chi connectivity index (χ1) is 19.1. The number of thiazole rings is 1. The number of aryl methyl sites for hydroxylation is 1. The van der Waals surface area contributed by atoms with Crippen molar-refractivity contribution in [2.75, 3.05) is 0 Å². The molecule has 0 N–H and O–H groups in total. The first kappa shape index (κ1) is 23.6. The van der Waals surface area contributed by atoms with Gasteiger partial charge in [0.25, 0.3) is 5.56 Å². The molecule has 5 aromatic rings. The minimum Gasteiger partial charge on any atom is -0.457 e. The van der Waals surface area contributed by atoms with Gasteiger partial charge in [-0.3, -0.25) is 14.2 Å². The van der Waals surface area contributed by atoms with Gasteiger partial charge in [0.1, 0.15) is 11.5 Å². The van der Waals surface area contributed by atoms with Crippen LogP contribution in [0.25, 0.3) is 23.1 Å². The average molecular weight is 529 g/mol. The zero-order valence-corrected chi connectivity index (χ0v) is 22.1. The molecule has 1 atom stereocenters. The van der Waals surface area contributed by atoms with Gasteiger partial charge in [-0.1, -0.05) is 90.2 Å². The van der Waals surface area contributed by atoms with Crippen LogP contribution in [-0.4, -0.2) is 10.4 Å². The summed E-state index contributed by atoms with van der Waals surface area (Å²) in [5, 5.41) is 0. The van der Waals surface area contributed by atoms with Gasteiger partial charge in [-0.25, -0.2) is 4.99 Å². The van der Waals surface area contributed by atoms with Gasteiger partial charge in [-0.15, -0.1) is 0 Å². The molecule has 6 heteroatoms. The molecular formula is C33H24N2O3S. The standard InChI is InChI=1S/C33H24N2O3S/c1-20(36)21-11-13-23(14-12-21)28-18-16-25(38-28)19-29-32(37)35-31(24-8-3-2-4-9-24)27-17-15-22-7-5-6-10-26(22)30(27)34-33(35)39-29/h2-14,16,18-19,31H,15,17H2,1H3/b29-19+/t31-/m1/s1. The highest BCUT2D eigenvalue weighted by molar-refractivity contribution is 7.07. The number of hydrogen-bond acceptors (Lipinski definition) is 5. The molecule has 0 spiro atoms. The summed E-state index contributed by atoms with van der Waals surface area (Å²) < 4.78 is 8.52. The molecule has 3 heterocycles. The summed E-state index contributed by atoms with van der Waals surface area (Å²) in [7, 11) is 0. The first-order valence-corrected chi connectivity index (χ1v) is 13.8. The molecule has 0 amide bonds. The summed E-state index contributed by atoms with van der Waals surface area (Å²) in [5.74, 6) is 1.30. The normalized spacial score (nSPS) is 16.3. The number of fused-ring (bicyclic) bond motifs is 3. The molecule has 0 unspecified atom stereocenters. The third-order valence-electron chi connectivity index (χ3n) is 7.46. The number of carbonyl (C=O) groups is 1. The van der Waals surface area contributed by atoms with Crippen molar-refractivity contribution in [3.8, 4) is 11.3 Å². The predicted octanol–water partition coefficient (Wildman–Crippen LogP) is 5.78. The van der Waals surface area contributed by atoms with Crippen molar-refractivity contribution in [1.82, 2.24) is 4.57 Å². The van der Waals surface area contributed by atoms with E-state index in [0.717, 1.165) is 35.2 Å². The molecule has 1 aliphatic heterocycles. The van der Waals surface area contributed by atoms with Crippen LogP contribution in [0, 0.1) is 0 Å². The fourth-order valence-electron chi connectivity index (χ4n) is 5.54. The van der Waals surface area contributed by atoms with Gasteiger partial charge in [0, 0.05) is 22.8 Å². The molecule has 0 saturated heterocycles. The number of aromatic nitrogens is 1. The minimum atomic E-state index is -0.195. The molecule has 0 bridgehead atoms. The lowest BCUT2D eigenvalue weighted by Gasteiger charge is -2.30. The molecule has 2 aliphatic rings. The van der Waals surface area contributed by atoms with E-state index in [9.17, 15) is 9.59 Å². The highest BCUT2D eigenvalue weighted by Gasteiger charge is 2.32. The highest BCUT2D eigenvalue weighted by atomic mass is 32.1. The molecule has 0 fully saturated rings. The Bertz CT molecular complexity index is 1960. The predicted molar refractivity (Wildman–Crippen MR) is 153 cm³/mol. The third-order valence-corrected chi connectivity index (χ3v) is 8.45. The van der Waals surface area contributed by atoms with E-state index in [4.69, 9.17) is 9.41 Å². The molecular weight excluding hydrogens is 504 g/mol. The van der Waals surface area contributed by atoms with Crippen molar-refractivity contribution in [2.24, 2.45) is 4.99 Å². The summed E-state index contributed by atoms with van der Waals surface area (Å²) in [6.07, 6.45) is 3.60. The number of carbonyl (C=O) groups excluding carboxylic acids is 1. The van der Waals surface area contributed by atoms with Gasteiger partial charge in [-0.05, 0) is 48.6 Å². The fraction of sp³-hybridized carbons (Fsp3) is 0.121. The largest absolute Gasteiger partial charge is 0.457 e. The maximum absolute atomic E-state index is 13.9. The molecule has 39 heavy (non-hydrogen) atoms. The second-order valence-corrected chi connectivity index (χ2v) is 10.9. The summed E-state index contributed by atoms with van der Waals surface area (Å²) in [4.78, 5) is 31.3. The number of benzene rings is 3. The number of nitrogens with zero attached hydrogens (tertiary/aromatic N) is 2. The quantitative estimate of drug-likeness (QED) is 0.278. The van der Waals surface area contributed by atoms with E-state index in [1.54, 1.807) is 25.1 Å². The van der Waals surface area contributed by atoms with Crippen molar-refractivity contribution < 1.29 is 9.21 Å². The number of rotatable bonds is 4. The van der Waals surface area contributed by atoms with Crippen LogP contribution in [0.15, 0.2) is 111 Å². The van der Waals surface area contributed by atoms with Gasteiger partial charge in [-0.2, -0.15) is 0 Å². The number of hydrogen-bond donors (Lipinski definition) is 0. The van der Waals surface area contributed by atoms with E-state index >= 15 is 0 Å². The van der Waals surface area contributed by atoms with Crippen LogP contribution in [0.3, 0.4) is 0 Å². The molecule has 0 saturated carbocycles. The number of furan rings is 1. The van der Waals surface area contributed by atoms with Crippen LogP contribution in [0.4, 0.5) is 0 Å². The SMILES string of the molecule is CC(=O)c1ccc(-c2ccc(/C=c3/sc4n(c3=O)[C@H](c3ccccc3)C3=C(N=4)c4ccccc4CC3)o2)cc1. The smallest absolute Gasteiger partial charge is 0.271 e. The van der Waals surface area contributed by atoms with Crippen molar-refractivity contribution in [3.63, 3.8) is 0 Å². The summed E-state index contributed by atoms with van der Waals surface area (Å²) in [5.41, 5.74) is 7.18. The van der Waals surface area contributed by atoms with Gasteiger partial charge >= 0.3 is 0 Å². The maximum Gasteiger partial charge on any atom is 0.271 e. The van der Waals surface area contributed by atoms with Crippen molar-refractivity contribution >= 4 is 28.9 Å². The summed E-state index contributed by atoms with van der Waals surface area (Å²) in [6.45, 7) is 1.55. The Labute approximate surface area is 228 Å². The van der Waals surface area contributed by atoms with Crippen molar-refractivity contribution in [2.45, 2.75) is 25.8 Å². The van der Waals surface area contributed by atoms with Gasteiger partial charge in [0.05, 0.1) is 16.3 Å². The van der Waals surface area contributed by atoms with Gasteiger partial charge < -0.3 is 4.42 Å². The molecule has 7 rings (SSSR count). The first-order valence-electron chi connectivity index (χ1n) is 13.0. The molecule has 5 nitrogen and oxygen atoms in total. The average Bonchev–Trinajstić information content (AvgIpc) is 3.56. The van der Waals surface area contributed by atoms with E-state index in [1.807, 2.05) is 47.0 Å². The van der Waals surface area contributed by atoms with Crippen LogP contribution in [0.5, 0.6) is 0 Å². The Balaban J connectivity index is 1.35. The number of allylic oxidation sites excluding steroid dienone is 1. The Morgan fingerprint density at radius 2 is 1.72 bits per heavy atom. The molecule has 0 radical (unpaired) electrons. The molecule has 190 valence electrons. The van der Waals surface area contributed by atoms with Crippen LogP contribution >= 0.6 is 11.3 Å². The second kappa shape index (κ2) is 9.33. The van der Waals surface area contributed by atoms with Crippen LogP contribution in [-0.2, 0) is 6.42 Å². The van der Waals surface area contributed by atoms with E-state index in [0.29, 0.717) is 26.4 Å². The zero-order chi connectivity index (χ0) is 26.5. The third kappa shape index (κ3) is 4.04. The van der Waals surface area contributed by atoms with Crippen molar-refractivity contribution in [1.29, 1.82) is 0 Å². The Morgan fingerprint density at radius 3 is 2.51 bits per heavy atom. The van der Waals surface area contributed by atoms with E-state index in [1.165, 1.54) is 22.5 Å². The van der Waals surface area contributed by atoms with E-state index in [-0.39, 0.29) is 17.4 Å². The highest BCUT2D eigenvalue weighted by Crippen LogP contribution is 2.41. The lowest BCUT2D eigenvalue weighted by Crippen LogP contribution is -2.38. The monoisotopic (exact) mass is 528 g/mol. The maximum atomic E-state index is 13.9. The molecule has 3 aromatic carbocycles. The molecule has 2 aromatic heterocycles. The topological polar surface area (TPSA) is 64.6 Å². The van der Waals surface area contributed by atoms with Gasteiger partial charge in [0.15, 0.2) is 10.6 Å². The number of Topliss-reactive ketones (excluding diaryl/α,β-unsaturated/α-hetero) is 1. The van der Waals surface area contributed by atoms with Crippen LogP contribution in [0.2, 0.25) is 0 Å². The van der Waals surface area contributed by atoms with Crippen LogP contribution < -0.4 is 14.9 Å². The lowest BCUT2D eigenvalue weighted by atomic mass is 9.83. The van der Waals surface area contributed by atoms with Crippen molar-refractivity contribution in [3.05, 3.63) is 144 Å². The Hall–Kier alpha value is -4.55. The lowest BCUT2D eigenvalue weighted by molar-refractivity contribution is 0.101. The minimum absolute atomic E-state index is 0.0241.